The molecule has 0 bridgehead atoms. The van der Waals surface area contributed by atoms with E-state index in [1.54, 1.807) is 6.20 Å². The highest BCUT2D eigenvalue weighted by molar-refractivity contribution is 5.81. The smallest absolute Gasteiger partial charge is 0.344 e. The van der Waals surface area contributed by atoms with E-state index in [-0.39, 0.29) is 5.63 Å². The molecule has 2 heterocycles. The van der Waals surface area contributed by atoms with Crippen molar-refractivity contribution in [3.8, 4) is 17.0 Å². The average molecular weight is 450 g/mol. The summed E-state index contributed by atoms with van der Waals surface area (Å²) in [5.41, 5.74) is 2.95. The van der Waals surface area contributed by atoms with Gasteiger partial charge in [0.2, 0.25) is 5.88 Å². The first kappa shape index (κ1) is 23.5. The number of benzene rings is 1. The molecule has 0 N–H and O–H groups in total. The molecule has 0 spiro atoms. The third-order valence-electron chi connectivity index (χ3n) is 6.25. The van der Waals surface area contributed by atoms with E-state index >= 15 is 0 Å². The number of fused-ring (bicyclic) bond motifs is 1. The van der Waals surface area contributed by atoms with Gasteiger partial charge in [0, 0.05) is 24.7 Å². The van der Waals surface area contributed by atoms with Gasteiger partial charge in [-0.25, -0.2) is 9.78 Å². The van der Waals surface area contributed by atoms with Crippen molar-refractivity contribution < 1.29 is 13.9 Å². The van der Waals surface area contributed by atoms with Crippen LogP contribution in [0.2, 0.25) is 0 Å². The van der Waals surface area contributed by atoms with E-state index in [0.717, 1.165) is 43.4 Å². The van der Waals surface area contributed by atoms with Gasteiger partial charge in [-0.15, -0.1) is 0 Å². The van der Waals surface area contributed by atoms with Crippen molar-refractivity contribution in [2.24, 2.45) is 0 Å². The molecule has 4 rings (SSSR count). The minimum Gasteiger partial charge on any atom is -0.478 e. The number of rotatable bonds is 14. The largest absolute Gasteiger partial charge is 0.478 e. The van der Waals surface area contributed by atoms with E-state index in [0.29, 0.717) is 29.6 Å². The molecule has 0 amide bonds. The predicted octanol–water partition coefficient (Wildman–Crippen LogP) is 6.88. The fraction of sp³-hybridized carbons (Fsp3) is 0.500. The van der Waals surface area contributed by atoms with Crippen molar-refractivity contribution in [1.29, 1.82) is 0 Å². The zero-order valence-electron chi connectivity index (χ0n) is 19.7. The van der Waals surface area contributed by atoms with E-state index in [9.17, 15) is 4.79 Å². The molecule has 0 atom stereocenters. The van der Waals surface area contributed by atoms with Crippen LogP contribution in [0.5, 0.6) is 5.88 Å². The van der Waals surface area contributed by atoms with Crippen molar-refractivity contribution in [3.63, 3.8) is 0 Å². The van der Waals surface area contributed by atoms with E-state index < -0.39 is 0 Å². The second-order valence-corrected chi connectivity index (χ2v) is 8.92. The van der Waals surface area contributed by atoms with Crippen LogP contribution in [0, 0.1) is 0 Å². The normalized spacial score (nSPS) is 13.5. The molecule has 2 aromatic heterocycles. The Morgan fingerprint density at radius 1 is 0.939 bits per heavy atom. The number of ether oxygens (including phenoxy) is 2. The van der Waals surface area contributed by atoms with Gasteiger partial charge >= 0.3 is 5.63 Å². The molecule has 0 saturated heterocycles. The molecule has 1 aliphatic carbocycles. The third-order valence-corrected chi connectivity index (χ3v) is 6.25. The van der Waals surface area contributed by atoms with Gasteiger partial charge in [0.15, 0.2) is 5.58 Å². The van der Waals surface area contributed by atoms with Gasteiger partial charge in [0.25, 0.3) is 0 Å². The second-order valence-electron chi connectivity index (χ2n) is 8.92. The van der Waals surface area contributed by atoms with Crippen molar-refractivity contribution in [2.75, 3.05) is 19.8 Å². The molecular formula is C28H35NO4. The van der Waals surface area contributed by atoms with E-state index in [4.69, 9.17) is 13.9 Å². The summed E-state index contributed by atoms with van der Waals surface area (Å²) < 4.78 is 16.8. The van der Waals surface area contributed by atoms with Crippen LogP contribution in [0.4, 0.5) is 0 Å². The van der Waals surface area contributed by atoms with E-state index in [1.165, 1.54) is 44.1 Å². The van der Waals surface area contributed by atoms with Crippen molar-refractivity contribution >= 4 is 11.0 Å². The van der Waals surface area contributed by atoms with Crippen LogP contribution >= 0.6 is 0 Å². The first-order chi connectivity index (χ1) is 16.2. The highest BCUT2D eigenvalue weighted by atomic mass is 16.5. The number of unbranched alkanes of at least 4 members (excludes halogenated alkanes) is 6. The van der Waals surface area contributed by atoms with Gasteiger partial charge in [0.05, 0.1) is 18.4 Å². The summed E-state index contributed by atoms with van der Waals surface area (Å²) in [6.07, 6.45) is 12.5. The van der Waals surface area contributed by atoms with Crippen LogP contribution in [-0.4, -0.2) is 24.8 Å². The Bertz CT molecular complexity index is 1070. The molecule has 0 radical (unpaired) electrons. The lowest BCUT2D eigenvalue weighted by Gasteiger charge is -2.07. The summed E-state index contributed by atoms with van der Waals surface area (Å²) in [5.74, 6) is 1.27. The quantitative estimate of drug-likeness (QED) is 0.251. The summed E-state index contributed by atoms with van der Waals surface area (Å²) >= 11 is 0. The SMILES string of the molecule is CCOCCCCCCCCCOc1cc2cc(-c3ccc(C4CC4)cc3)c(=O)oc2cn1. The number of aromatic nitrogens is 1. The molecule has 5 heteroatoms. The standard InChI is InChI=1S/C28H35NO4/c1-2-31-16-8-6-4-3-5-7-9-17-32-27-19-24-18-25(28(30)33-26(24)20-29-27)23-14-12-22(13-15-23)21-10-11-21/h12-15,18-21H,2-11,16-17H2,1H3. The van der Waals surface area contributed by atoms with E-state index in [2.05, 4.69) is 17.1 Å². The van der Waals surface area contributed by atoms with Gasteiger partial charge in [-0.2, -0.15) is 0 Å². The molecule has 33 heavy (non-hydrogen) atoms. The number of hydrogen-bond donors (Lipinski definition) is 0. The zero-order valence-corrected chi connectivity index (χ0v) is 19.7. The van der Waals surface area contributed by atoms with Crippen LogP contribution in [0.3, 0.4) is 0 Å². The van der Waals surface area contributed by atoms with Crippen molar-refractivity contribution in [2.45, 2.75) is 70.6 Å². The van der Waals surface area contributed by atoms with Gasteiger partial charge < -0.3 is 13.9 Å². The maximum absolute atomic E-state index is 12.5. The minimum atomic E-state index is -0.338. The molecule has 176 valence electrons. The maximum Gasteiger partial charge on any atom is 0.344 e. The molecule has 5 nitrogen and oxygen atoms in total. The highest BCUT2D eigenvalue weighted by Gasteiger charge is 2.23. The van der Waals surface area contributed by atoms with Crippen molar-refractivity contribution in [1.82, 2.24) is 4.98 Å². The summed E-state index contributed by atoms with van der Waals surface area (Å²) in [6.45, 7) is 4.39. The lowest BCUT2D eigenvalue weighted by Crippen LogP contribution is -2.04. The van der Waals surface area contributed by atoms with Crippen molar-refractivity contribution in [3.05, 3.63) is 58.6 Å². The summed E-state index contributed by atoms with van der Waals surface area (Å²) in [6, 6.07) is 12.0. The fourth-order valence-corrected chi connectivity index (χ4v) is 4.15. The monoisotopic (exact) mass is 449 g/mol. The Kier molecular flexibility index (Phi) is 8.53. The molecular weight excluding hydrogens is 414 g/mol. The molecule has 1 saturated carbocycles. The molecule has 3 aromatic rings. The topological polar surface area (TPSA) is 61.6 Å². The molecule has 0 aliphatic heterocycles. The molecule has 1 fully saturated rings. The van der Waals surface area contributed by atoms with Gasteiger partial charge in [-0.3, -0.25) is 0 Å². The summed E-state index contributed by atoms with van der Waals surface area (Å²) in [4.78, 5) is 16.8. The first-order valence-corrected chi connectivity index (χ1v) is 12.5. The Hall–Kier alpha value is -2.66. The second kappa shape index (κ2) is 12.0. The zero-order chi connectivity index (χ0) is 22.9. The van der Waals surface area contributed by atoms with Crippen LogP contribution in [-0.2, 0) is 4.74 Å². The molecule has 1 aromatic carbocycles. The fourth-order valence-electron chi connectivity index (χ4n) is 4.15. The summed E-state index contributed by atoms with van der Waals surface area (Å²) in [5, 5.41) is 0.827. The predicted molar refractivity (Wildman–Crippen MR) is 132 cm³/mol. The Morgan fingerprint density at radius 3 is 2.33 bits per heavy atom. The lowest BCUT2D eigenvalue weighted by atomic mass is 10.0. The Morgan fingerprint density at radius 2 is 1.64 bits per heavy atom. The Labute approximate surface area is 196 Å². The van der Waals surface area contributed by atoms with Gasteiger partial charge in [-0.1, -0.05) is 56.4 Å². The van der Waals surface area contributed by atoms with Crippen LogP contribution in [0.15, 0.2) is 51.8 Å². The lowest BCUT2D eigenvalue weighted by molar-refractivity contribution is 0.143. The van der Waals surface area contributed by atoms with Gasteiger partial charge in [0.1, 0.15) is 0 Å². The van der Waals surface area contributed by atoms with Crippen LogP contribution < -0.4 is 10.4 Å². The molecule has 1 aliphatic rings. The first-order valence-electron chi connectivity index (χ1n) is 12.5. The number of nitrogens with zero attached hydrogens (tertiary/aromatic N) is 1. The van der Waals surface area contributed by atoms with Crippen LogP contribution in [0.25, 0.3) is 22.1 Å². The Balaban J connectivity index is 1.26. The van der Waals surface area contributed by atoms with E-state index in [1.807, 2.05) is 31.2 Å². The third kappa shape index (κ3) is 6.91. The van der Waals surface area contributed by atoms with Crippen LogP contribution in [0.1, 0.15) is 76.2 Å². The number of pyridine rings is 1. The summed E-state index contributed by atoms with van der Waals surface area (Å²) in [7, 11) is 0. The molecule has 0 unspecified atom stereocenters. The minimum absolute atomic E-state index is 0.338. The maximum atomic E-state index is 12.5. The highest BCUT2D eigenvalue weighted by Crippen LogP contribution is 2.40. The number of hydrogen-bond acceptors (Lipinski definition) is 5. The average Bonchev–Trinajstić information content (AvgIpc) is 3.68. The van der Waals surface area contributed by atoms with Gasteiger partial charge in [-0.05, 0) is 55.7 Å².